The minimum absolute atomic E-state index is 0.0195. The van der Waals surface area contributed by atoms with Crippen LogP contribution in [0, 0.1) is 0 Å². The Morgan fingerprint density at radius 3 is 2.43 bits per heavy atom. The number of amides is 1. The summed E-state index contributed by atoms with van der Waals surface area (Å²) in [7, 11) is 0. The van der Waals surface area contributed by atoms with Gasteiger partial charge in [-0.15, -0.1) is 0 Å². The number of hydrogen-bond acceptors (Lipinski definition) is 6. The zero-order valence-electron chi connectivity index (χ0n) is 19.5. The summed E-state index contributed by atoms with van der Waals surface area (Å²) in [6.45, 7) is -2.60. The second-order valence-electron chi connectivity index (χ2n) is 8.11. The van der Waals surface area contributed by atoms with Gasteiger partial charge >= 0.3 is 6.61 Å². The van der Waals surface area contributed by atoms with E-state index in [2.05, 4.69) is 25.1 Å². The van der Waals surface area contributed by atoms with Crippen molar-refractivity contribution in [1.82, 2.24) is 20.0 Å². The van der Waals surface area contributed by atoms with E-state index in [-0.39, 0.29) is 28.3 Å². The number of aromatic nitrogens is 3. The Balaban J connectivity index is 1.54. The third kappa shape index (κ3) is 5.08. The molecule has 2 aromatic heterocycles. The van der Waals surface area contributed by atoms with Crippen molar-refractivity contribution in [3.05, 3.63) is 95.6 Å². The van der Waals surface area contributed by atoms with Crippen molar-refractivity contribution in [2.24, 2.45) is 5.10 Å². The predicted octanol–water partition coefficient (Wildman–Crippen LogP) is 4.62. The standard InChI is InChI=1S/C27H22F2N6O2/c28-27(29)37-21-13-7-4-10-18(21)16-32-35-24(30)22(26(36)31-15-14-17-8-2-1-3-9-17)23-25(35)34-20-12-6-5-11-19(20)33-23/h1-13,16,27H,14-15,30H2,(H,31,36)/b32-16+. The average Bonchev–Trinajstić information content (AvgIpc) is 3.17. The van der Waals surface area contributed by atoms with Gasteiger partial charge in [0.2, 0.25) is 0 Å². The smallest absolute Gasteiger partial charge is 0.387 e. The molecule has 0 spiro atoms. The Kier molecular flexibility index (Phi) is 6.71. The number of anilines is 1. The van der Waals surface area contributed by atoms with Crippen LogP contribution >= 0.6 is 0 Å². The fourth-order valence-corrected chi connectivity index (χ4v) is 3.95. The van der Waals surface area contributed by atoms with Crippen LogP contribution in [0.4, 0.5) is 14.6 Å². The highest BCUT2D eigenvalue weighted by Gasteiger charge is 2.24. The van der Waals surface area contributed by atoms with Gasteiger partial charge in [-0.3, -0.25) is 4.79 Å². The summed E-state index contributed by atoms with van der Waals surface area (Å²) in [5.41, 5.74) is 9.63. The van der Waals surface area contributed by atoms with E-state index in [1.807, 2.05) is 42.5 Å². The van der Waals surface area contributed by atoms with Crippen LogP contribution in [0.3, 0.4) is 0 Å². The highest BCUT2D eigenvalue weighted by atomic mass is 19.3. The maximum Gasteiger partial charge on any atom is 0.387 e. The summed E-state index contributed by atoms with van der Waals surface area (Å²) < 4.78 is 31.5. The predicted molar refractivity (Wildman–Crippen MR) is 138 cm³/mol. The number of halogens is 2. The molecule has 10 heteroatoms. The first-order chi connectivity index (χ1) is 18.0. The second kappa shape index (κ2) is 10.4. The molecule has 0 unspecified atom stereocenters. The summed E-state index contributed by atoms with van der Waals surface area (Å²) in [4.78, 5) is 22.5. The molecule has 0 aliphatic carbocycles. The molecule has 0 saturated carbocycles. The third-order valence-corrected chi connectivity index (χ3v) is 5.69. The van der Waals surface area contributed by atoms with Gasteiger partial charge in [-0.05, 0) is 36.2 Å². The van der Waals surface area contributed by atoms with Crippen molar-refractivity contribution >= 4 is 40.1 Å². The van der Waals surface area contributed by atoms with E-state index in [1.54, 1.807) is 30.3 Å². The summed E-state index contributed by atoms with van der Waals surface area (Å²) >= 11 is 0. The largest absolute Gasteiger partial charge is 0.434 e. The van der Waals surface area contributed by atoms with E-state index in [0.29, 0.717) is 29.6 Å². The highest BCUT2D eigenvalue weighted by molar-refractivity contribution is 6.10. The lowest BCUT2D eigenvalue weighted by Gasteiger charge is -2.07. The number of para-hydroxylation sites is 3. The Hall–Kier alpha value is -4.86. The summed E-state index contributed by atoms with van der Waals surface area (Å²) in [6, 6.07) is 23.2. The van der Waals surface area contributed by atoms with E-state index >= 15 is 0 Å². The number of nitrogens with one attached hydrogen (secondary N) is 1. The van der Waals surface area contributed by atoms with E-state index < -0.39 is 12.5 Å². The Morgan fingerprint density at radius 2 is 1.68 bits per heavy atom. The number of alkyl halides is 2. The Bertz CT molecular complexity index is 1600. The van der Waals surface area contributed by atoms with Gasteiger partial charge in [-0.1, -0.05) is 54.6 Å². The van der Waals surface area contributed by atoms with Crippen molar-refractivity contribution in [3.8, 4) is 5.75 Å². The average molecular weight is 501 g/mol. The van der Waals surface area contributed by atoms with Crippen LogP contribution in [0.5, 0.6) is 5.75 Å². The molecule has 0 aliphatic rings. The highest BCUT2D eigenvalue weighted by Crippen LogP contribution is 2.28. The molecule has 3 aromatic carbocycles. The molecule has 3 N–H and O–H groups in total. The lowest BCUT2D eigenvalue weighted by Crippen LogP contribution is -2.26. The molecule has 0 radical (unpaired) electrons. The zero-order valence-corrected chi connectivity index (χ0v) is 19.5. The van der Waals surface area contributed by atoms with Crippen LogP contribution in [0.2, 0.25) is 0 Å². The number of nitrogen functional groups attached to an aromatic ring is 1. The molecule has 1 amide bonds. The first kappa shape index (κ1) is 23.9. The van der Waals surface area contributed by atoms with E-state index in [4.69, 9.17) is 5.73 Å². The molecule has 0 fully saturated rings. The molecule has 5 aromatic rings. The SMILES string of the molecule is Nc1c(C(=O)NCCc2ccccc2)c2nc3ccccc3nc2n1/N=C/c1ccccc1OC(F)F. The molecular weight excluding hydrogens is 478 g/mol. The van der Waals surface area contributed by atoms with Crippen molar-refractivity contribution in [3.63, 3.8) is 0 Å². The van der Waals surface area contributed by atoms with Crippen molar-refractivity contribution in [2.45, 2.75) is 13.0 Å². The molecule has 0 atom stereocenters. The van der Waals surface area contributed by atoms with Crippen molar-refractivity contribution in [2.75, 3.05) is 12.3 Å². The van der Waals surface area contributed by atoms with E-state index in [1.165, 1.54) is 17.0 Å². The first-order valence-corrected chi connectivity index (χ1v) is 11.5. The lowest BCUT2D eigenvalue weighted by atomic mass is 10.1. The van der Waals surface area contributed by atoms with Crippen LogP contribution in [-0.2, 0) is 6.42 Å². The first-order valence-electron chi connectivity index (χ1n) is 11.5. The number of carbonyl (C=O) groups is 1. The van der Waals surface area contributed by atoms with Gasteiger partial charge in [0.15, 0.2) is 5.65 Å². The number of benzene rings is 3. The maximum absolute atomic E-state index is 13.2. The summed E-state index contributed by atoms with van der Waals surface area (Å²) in [6.07, 6.45) is 1.96. The molecule has 37 heavy (non-hydrogen) atoms. The Morgan fingerprint density at radius 1 is 1.00 bits per heavy atom. The zero-order chi connectivity index (χ0) is 25.8. The van der Waals surface area contributed by atoms with Gasteiger partial charge in [0.05, 0.1) is 17.2 Å². The topological polar surface area (TPSA) is 107 Å². The molecule has 0 aliphatic heterocycles. The van der Waals surface area contributed by atoms with Crippen LogP contribution < -0.4 is 15.8 Å². The summed E-state index contributed by atoms with van der Waals surface area (Å²) in [5, 5.41) is 7.26. The second-order valence-corrected chi connectivity index (χ2v) is 8.11. The summed E-state index contributed by atoms with van der Waals surface area (Å²) in [5.74, 6) is -0.448. The lowest BCUT2D eigenvalue weighted by molar-refractivity contribution is -0.0499. The van der Waals surface area contributed by atoms with Crippen molar-refractivity contribution < 1.29 is 18.3 Å². The number of ether oxygens (including phenoxy) is 1. The minimum Gasteiger partial charge on any atom is -0.434 e. The van der Waals surface area contributed by atoms with Gasteiger partial charge in [-0.25, -0.2) is 9.97 Å². The van der Waals surface area contributed by atoms with Gasteiger partial charge in [-0.2, -0.15) is 18.6 Å². The molecule has 186 valence electrons. The Labute approximate surface area is 210 Å². The number of hydrogen-bond donors (Lipinski definition) is 2. The normalized spacial score (nSPS) is 11.5. The van der Waals surface area contributed by atoms with E-state index in [9.17, 15) is 13.6 Å². The van der Waals surface area contributed by atoms with Gasteiger partial charge in [0.25, 0.3) is 5.91 Å². The molecule has 0 saturated heterocycles. The van der Waals surface area contributed by atoms with Crippen LogP contribution in [0.25, 0.3) is 22.2 Å². The number of rotatable bonds is 8. The fourth-order valence-electron chi connectivity index (χ4n) is 3.95. The third-order valence-electron chi connectivity index (χ3n) is 5.69. The van der Waals surface area contributed by atoms with Gasteiger partial charge in [0, 0.05) is 12.1 Å². The van der Waals surface area contributed by atoms with Crippen LogP contribution in [0.1, 0.15) is 21.5 Å². The molecule has 0 bridgehead atoms. The number of fused-ring (bicyclic) bond motifs is 2. The maximum atomic E-state index is 13.2. The van der Waals surface area contributed by atoms with Gasteiger partial charge < -0.3 is 15.8 Å². The molecule has 8 nitrogen and oxygen atoms in total. The van der Waals surface area contributed by atoms with Gasteiger partial charge in [0.1, 0.15) is 22.6 Å². The molecule has 2 heterocycles. The van der Waals surface area contributed by atoms with Crippen LogP contribution in [0.15, 0.2) is 84.0 Å². The number of nitrogens with zero attached hydrogens (tertiary/aromatic N) is 4. The number of nitrogens with two attached hydrogens (primary N) is 1. The number of carbonyl (C=O) groups excluding carboxylic acids is 1. The minimum atomic E-state index is -2.99. The molecule has 5 rings (SSSR count). The monoisotopic (exact) mass is 500 g/mol. The molecular formula is C27H22F2N6O2. The van der Waals surface area contributed by atoms with E-state index in [0.717, 1.165) is 5.56 Å². The fraction of sp³-hybridized carbons (Fsp3) is 0.111. The van der Waals surface area contributed by atoms with Crippen molar-refractivity contribution in [1.29, 1.82) is 0 Å². The quantitative estimate of drug-likeness (QED) is 0.302. The van der Waals surface area contributed by atoms with Crippen LogP contribution in [-0.4, -0.2) is 39.9 Å².